The van der Waals surface area contributed by atoms with Crippen LogP contribution in [-0.4, -0.2) is 9.97 Å². The van der Waals surface area contributed by atoms with Gasteiger partial charge in [-0.25, -0.2) is 4.98 Å². The minimum Gasteiger partial charge on any atom is -0.207 e. The molecule has 12 heavy (non-hydrogen) atoms. The molecule has 0 unspecified atom stereocenters. The Hall–Kier alpha value is -1.06. The lowest BCUT2D eigenvalue weighted by molar-refractivity contribution is 0.454. The fourth-order valence-electron chi connectivity index (χ4n) is 1.52. The van der Waals surface area contributed by atoms with Crippen molar-refractivity contribution in [3.8, 4) is 0 Å². The van der Waals surface area contributed by atoms with E-state index in [1.807, 2.05) is 0 Å². The monoisotopic (exact) mass is 170 g/mol. The van der Waals surface area contributed by atoms with Gasteiger partial charge in [-0.15, -0.1) is 0 Å². The van der Waals surface area contributed by atoms with Gasteiger partial charge in [-0.1, -0.05) is 0 Å². The summed E-state index contributed by atoms with van der Waals surface area (Å²) in [4.78, 5) is 6.60. The summed E-state index contributed by atoms with van der Waals surface area (Å²) in [7, 11) is 0. The largest absolute Gasteiger partial charge is 0.311 e. The molecule has 0 spiro atoms. The summed E-state index contributed by atoms with van der Waals surface area (Å²) in [5.74, 6) is -0.683. The Morgan fingerprint density at radius 2 is 1.75 bits per heavy atom. The third-order valence-electron chi connectivity index (χ3n) is 2.11. The quantitative estimate of drug-likeness (QED) is 0.437. The molecule has 0 amide bonds. The maximum absolute atomic E-state index is 12.9. The Balaban J connectivity index is 2.53. The average molecular weight is 170 g/mol. The van der Waals surface area contributed by atoms with Gasteiger partial charge in [-0.3, -0.25) is 0 Å². The van der Waals surface area contributed by atoms with E-state index in [4.69, 9.17) is 0 Å². The van der Waals surface area contributed by atoms with Gasteiger partial charge in [0.05, 0.1) is 5.69 Å². The van der Waals surface area contributed by atoms with Crippen LogP contribution in [0, 0.1) is 12.0 Å². The predicted octanol–water partition coefficient (Wildman–Crippen LogP) is 1.63. The van der Waals surface area contributed by atoms with Gasteiger partial charge >= 0.3 is 6.08 Å². The van der Waals surface area contributed by atoms with E-state index < -0.39 is 12.0 Å². The van der Waals surface area contributed by atoms with E-state index in [2.05, 4.69) is 9.97 Å². The van der Waals surface area contributed by atoms with Gasteiger partial charge in [-0.05, 0) is 25.7 Å². The normalized spacial score (nSPS) is 15.8. The van der Waals surface area contributed by atoms with E-state index in [1.165, 1.54) is 0 Å². The molecule has 0 saturated carbocycles. The zero-order valence-corrected chi connectivity index (χ0v) is 6.48. The Morgan fingerprint density at radius 3 is 2.58 bits per heavy atom. The first-order valence-corrected chi connectivity index (χ1v) is 3.98. The van der Waals surface area contributed by atoms with Crippen LogP contribution in [-0.2, 0) is 12.8 Å². The highest BCUT2D eigenvalue weighted by atomic mass is 19.1. The van der Waals surface area contributed by atoms with Crippen molar-refractivity contribution in [3.05, 3.63) is 23.3 Å². The number of rotatable bonds is 0. The molecule has 0 saturated heterocycles. The first-order chi connectivity index (χ1) is 5.77. The summed E-state index contributed by atoms with van der Waals surface area (Å²) in [6.07, 6.45) is 2.27. The fraction of sp³-hybridized carbons (Fsp3) is 0.500. The van der Waals surface area contributed by atoms with Crippen molar-refractivity contribution in [2.75, 3.05) is 0 Å². The average Bonchev–Trinajstić information content (AvgIpc) is 2.04. The Kier molecular flexibility index (Phi) is 1.75. The molecule has 1 aromatic rings. The molecule has 0 aliphatic heterocycles. The highest BCUT2D eigenvalue weighted by Crippen LogP contribution is 2.20. The number of aromatic nitrogens is 2. The molecule has 2 nitrogen and oxygen atoms in total. The summed E-state index contributed by atoms with van der Waals surface area (Å²) < 4.78 is 25.4. The number of hydrogen-bond donors (Lipinski definition) is 0. The summed E-state index contributed by atoms with van der Waals surface area (Å²) in [5, 5.41) is 0. The number of nitrogens with zero attached hydrogens (tertiary/aromatic N) is 2. The SMILES string of the molecule is Fc1nc(F)c2c(n1)CCCC2. The van der Waals surface area contributed by atoms with E-state index in [0.29, 0.717) is 24.1 Å². The molecule has 2 rings (SSSR count). The lowest BCUT2D eigenvalue weighted by Crippen LogP contribution is -2.11. The van der Waals surface area contributed by atoms with Crippen LogP contribution in [0.4, 0.5) is 8.78 Å². The molecule has 1 heterocycles. The van der Waals surface area contributed by atoms with Crippen LogP contribution in [0.3, 0.4) is 0 Å². The molecule has 0 bridgehead atoms. The van der Waals surface area contributed by atoms with Gasteiger partial charge in [-0.2, -0.15) is 13.8 Å². The molecule has 4 heteroatoms. The molecule has 1 aliphatic carbocycles. The van der Waals surface area contributed by atoms with Crippen LogP contribution in [0.5, 0.6) is 0 Å². The van der Waals surface area contributed by atoms with Crippen LogP contribution < -0.4 is 0 Å². The zero-order valence-electron chi connectivity index (χ0n) is 6.48. The second-order valence-electron chi connectivity index (χ2n) is 2.92. The second-order valence-corrected chi connectivity index (χ2v) is 2.92. The summed E-state index contributed by atoms with van der Waals surface area (Å²) in [6, 6.07) is 0. The number of aryl methyl sites for hydroxylation is 1. The van der Waals surface area contributed by atoms with Crippen LogP contribution >= 0.6 is 0 Å². The van der Waals surface area contributed by atoms with E-state index >= 15 is 0 Å². The smallest absolute Gasteiger partial charge is 0.207 e. The van der Waals surface area contributed by atoms with Crippen molar-refractivity contribution >= 4 is 0 Å². The van der Waals surface area contributed by atoms with Crippen LogP contribution in [0.15, 0.2) is 0 Å². The topological polar surface area (TPSA) is 25.8 Å². The van der Waals surface area contributed by atoms with Gasteiger partial charge < -0.3 is 0 Å². The first-order valence-electron chi connectivity index (χ1n) is 3.98. The van der Waals surface area contributed by atoms with Gasteiger partial charge in [0.1, 0.15) is 0 Å². The van der Waals surface area contributed by atoms with Gasteiger partial charge in [0.25, 0.3) is 0 Å². The number of halogens is 2. The van der Waals surface area contributed by atoms with Gasteiger partial charge in [0, 0.05) is 5.56 Å². The molecule has 0 fully saturated rings. The van der Waals surface area contributed by atoms with E-state index in [-0.39, 0.29) is 0 Å². The Labute approximate surface area is 68.7 Å². The minimum absolute atomic E-state index is 0.502. The van der Waals surface area contributed by atoms with Gasteiger partial charge in [0.2, 0.25) is 5.95 Å². The highest BCUT2D eigenvalue weighted by molar-refractivity contribution is 5.20. The molecule has 1 aromatic heterocycles. The maximum atomic E-state index is 12.9. The molecule has 0 atom stereocenters. The summed E-state index contributed by atoms with van der Waals surface area (Å²) in [5.41, 5.74) is 1.05. The van der Waals surface area contributed by atoms with Crippen molar-refractivity contribution in [1.82, 2.24) is 9.97 Å². The molecule has 0 aromatic carbocycles. The standard InChI is InChI=1S/C8H8F2N2/c9-7-5-3-1-2-4-6(5)11-8(10)12-7/h1-4H2. The van der Waals surface area contributed by atoms with Crippen LogP contribution in [0.25, 0.3) is 0 Å². The van der Waals surface area contributed by atoms with E-state index in [9.17, 15) is 8.78 Å². The molecule has 0 N–H and O–H groups in total. The van der Waals surface area contributed by atoms with Crippen molar-refractivity contribution in [1.29, 1.82) is 0 Å². The second kappa shape index (κ2) is 2.77. The first kappa shape index (κ1) is 7.58. The van der Waals surface area contributed by atoms with Crippen molar-refractivity contribution < 1.29 is 8.78 Å². The Bertz CT molecular complexity index is 312. The van der Waals surface area contributed by atoms with Crippen molar-refractivity contribution in [2.24, 2.45) is 0 Å². The van der Waals surface area contributed by atoms with Crippen molar-refractivity contribution in [3.63, 3.8) is 0 Å². The van der Waals surface area contributed by atoms with Crippen molar-refractivity contribution in [2.45, 2.75) is 25.7 Å². The fourth-order valence-corrected chi connectivity index (χ4v) is 1.52. The van der Waals surface area contributed by atoms with Crippen LogP contribution in [0.2, 0.25) is 0 Å². The molecule has 64 valence electrons. The predicted molar refractivity (Wildman–Crippen MR) is 38.6 cm³/mol. The summed E-state index contributed by atoms with van der Waals surface area (Å²) in [6.45, 7) is 0. The number of hydrogen-bond acceptors (Lipinski definition) is 2. The minimum atomic E-state index is -0.951. The third kappa shape index (κ3) is 1.17. The molecule has 0 radical (unpaired) electrons. The molecular weight excluding hydrogens is 162 g/mol. The van der Waals surface area contributed by atoms with Gasteiger partial charge in [0.15, 0.2) is 0 Å². The maximum Gasteiger partial charge on any atom is 0.311 e. The van der Waals surface area contributed by atoms with E-state index in [1.54, 1.807) is 0 Å². The Morgan fingerprint density at radius 1 is 1.00 bits per heavy atom. The lowest BCUT2D eigenvalue weighted by Gasteiger charge is -2.13. The number of fused-ring (bicyclic) bond motifs is 1. The molecule has 1 aliphatic rings. The van der Waals surface area contributed by atoms with E-state index in [0.717, 1.165) is 12.8 Å². The highest BCUT2D eigenvalue weighted by Gasteiger charge is 2.17. The summed E-state index contributed by atoms with van der Waals surface area (Å²) >= 11 is 0. The van der Waals surface area contributed by atoms with Crippen LogP contribution in [0.1, 0.15) is 24.1 Å². The molecular formula is C8H8F2N2. The third-order valence-corrected chi connectivity index (χ3v) is 2.11. The lowest BCUT2D eigenvalue weighted by atomic mass is 9.97. The zero-order chi connectivity index (χ0) is 8.55.